The molecule has 2 N–H and O–H groups in total. The van der Waals surface area contributed by atoms with Crippen LogP contribution in [0.4, 0.5) is 0 Å². The van der Waals surface area contributed by atoms with Crippen molar-refractivity contribution < 1.29 is 18.3 Å². The number of hydrogen-bond donors (Lipinski definition) is 2. The molecule has 0 saturated heterocycles. The Hall–Kier alpha value is -2.19. The van der Waals surface area contributed by atoms with Gasteiger partial charge in [0.25, 0.3) is 0 Å². The maximum Gasteiger partial charge on any atom is 0.303 e. The summed E-state index contributed by atoms with van der Waals surface area (Å²) in [5.74, 6) is -0.955. The van der Waals surface area contributed by atoms with Crippen LogP contribution < -0.4 is 4.72 Å². The highest BCUT2D eigenvalue weighted by atomic mass is 32.2. The first-order valence-electron chi connectivity index (χ1n) is 7.13. The Morgan fingerprint density at radius 2 is 2.04 bits per heavy atom. The molecular formula is C15H19N3O4S. The molecule has 0 aliphatic heterocycles. The number of aliphatic carboxylic acids is 1. The summed E-state index contributed by atoms with van der Waals surface area (Å²) < 4.78 is 28.7. The summed E-state index contributed by atoms with van der Waals surface area (Å²) >= 11 is 0. The van der Waals surface area contributed by atoms with Crippen molar-refractivity contribution in [2.45, 2.75) is 30.2 Å². The third kappa shape index (κ3) is 5.19. The molecule has 1 aromatic heterocycles. The maximum atomic E-state index is 12.4. The molecule has 0 saturated carbocycles. The molecule has 7 nitrogen and oxygen atoms in total. The van der Waals surface area contributed by atoms with E-state index in [9.17, 15) is 13.2 Å². The zero-order chi connectivity index (χ0) is 16.9. The van der Waals surface area contributed by atoms with Gasteiger partial charge in [-0.2, -0.15) is 5.10 Å². The maximum absolute atomic E-state index is 12.4. The minimum atomic E-state index is -3.73. The van der Waals surface area contributed by atoms with Crippen molar-refractivity contribution in [1.82, 2.24) is 14.5 Å². The minimum Gasteiger partial charge on any atom is -0.481 e. The predicted molar refractivity (Wildman–Crippen MR) is 84.3 cm³/mol. The molecule has 124 valence electrons. The van der Waals surface area contributed by atoms with Gasteiger partial charge in [-0.1, -0.05) is 30.3 Å². The highest BCUT2D eigenvalue weighted by Gasteiger charge is 2.22. The lowest BCUT2D eigenvalue weighted by Gasteiger charge is -2.17. The predicted octanol–water partition coefficient (Wildman–Crippen LogP) is 1.17. The largest absolute Gasteiger partial charge is 0.481 e. The molecule has 0 bridgehead atoms. The molecule has 2 aromatic rings. The van der Waals surface area contributed by atoms with Crippen LogP contribution in [-0.4, -0.2) is 35.3 Å². The molecule has 1 heterocycles. The molecular weight excluding hydrogens is 318 g/mol. The standard InChI is InChI=1S/C15H19N3O4S/c1-18-11-14(10-16-18)23(21,22)17-13(7-8-15(19)20)9-12-5-3-2-4-6-12/h2-6,10-11,13,17H,7-9H2,1H3,(H,19,20). The monoisotopic (exact) mass is 337 g/mol. The topological polar surface area (TPSA) is 101 Å². The lowest BCUT2D eigenvalue weighted by atomic mass is 10.0. The van der Waals surface area contributed by atoms with Crippen LogP contribution in [0.3, 0.4) is 0 Å². The molecule has 8 heteroatoms. The van der Waals surface area contributed by atoms with Gasteiger partial charge in [-0.05, 0) is 18.4 Å². The number of carboxylic acids is 1. The molecule has 0 amide bonds. The van der Waals surface area contributed by atoms with Gasteiger partial charge in [-0.15, -0.1) is 0 Å². The van der Waals surface area contributed by atoms with E-state index in [-0.39, 0.29) is 17.7 Å². The Morgan fingerprint density at radius 3 is 2.61 bits per heavy atom. The summed E-state index contributed by atoms with van der Waals surface area (Å²) in [5.41, 5.74) is 0.941. The number of aromatic nitrogens is 2. The summed E-state index contributed by atoms with van der Waals surface area (Å²) in [6.45, 7) is 0. The minimum absolute atomic E-state index is 0.0633. The van der Waals surface area contributed by atoms with Crippen molar-refractivity contribution in [1.29, 1.82) is 0 Å². The zero-order valence-electron chi connectivity index (χ0n) is 12.7. The van der Waals surface area contributed by atoms with Gasteiger partial charge < -0.3 is 5.11 Å². The van der Waals surface area contributed by atoms with Crippen LogP contribution in [-0.2, 0) is 28.3 Å². The second-order valence-electron chi connectivity index (χ2n) is 5.29. The van der Waals surface area contributed by atoms with E-state index >= 15 is 0 Å². The first-order chi connectivity index (χ1) is 10.9. The van der Waals surface area contributed by atoms with Crippen LogP contribution in [0.1, 0.15) is 18.4 Å². The van der Waals surface area contributed by atoms with Gasteiger partial charge in [0.05, 0.1) is 6.20 Å². The van der Waals surface area contributed by atoms with E-state index in [2.05, 4.69) is 9.82 Å². The summed E-state index contributed by atoms with van der Waals surface area (Å²) in [6, 6.07) is 8.85. The van der Waals surface area contributed by atoms with Gasteiger partial charge in [-0.3, -0.25) is 9.48 Å². The Balaban J connectivity index is 2.14. The Bertz CT molecular complexity index is 756. The summed E-state index contributed by atoms with van der Waals surface area (Å²) in [4.78, 5) is 10.9. The van der Waals surface area contributed by atoms with E-state index in [0.29, 0.717) is 6.42 Å². The van der Waals surface area contributed by atoms with Crippen LogP contribution in [0, 0.1) is 0 Å². The average Bonchev–Trinajstić information content (AvgIpc) is 2.93. The Kier molecular flexibility index (Phi) is 5.51. The molecule has 0 spiro atoms. The molecule has 23 heavy (non-hydrogen) atoms. The highest BCUT2D eigenvalue weighted by Crippen LogP contribution is 2.13. The van der Waals surface area contributed by atoms with E-state index in [1.807, 2.05) is 30.3 Å². The fraction of sp³-hybridized carbons (Fsp3) is 0.333. The van der Waals surface area contributed by atoms with Gasteiger partial charge in [0.15, 0.2) is 0 Å². The van der Waals surface area contributed by atoms with Crippen LogP contribution >= 0.6 is 0 Å². The van der Waals surface area contributed by atoms with Gasteiger partial charge >= 0.3 is 5.97 Å². The van der Waals surface area contributed by atoms with Gasteiger partial charge in [-0.25, -0.2) is 13.1 Å². The quantitative estimate of drug-likeness (QED) is 0.753. The van der Waals surface area contributed by atoms with Crippen molar-refractivity contribution in [2.24, 2.45) is 7.05 Å². The van der Waals surface area contributed by atoms with Crippen LogP contribution in [0.25, 0.3) is 0 Å². The third-order valence-corrected chi connectivity index (χ3v) is 4.82. The second-order valence-corrected chi connectivity index (χ2v) is 7.00. The summed E-state index contributed by atoms with van der Waals surface area (Å²) in [5, 5.41) is 12.7. The van der Waals surface area contributed by atoms with Crippen molar-refractivity contribution in [3.05, 3.63) is 48.3 Å². The number of hydrogen-bond acceptors (Lipinski definition) is 4. The van der Waals surface area contributed by atoms with E-state index in [1.54, 1.807) is 7.05 Å². The molecule has 0 radical (unpaired) electrons. The lowest BCUT2D eigenvalue weighted by molar-refractivity contribution is -0.137. The van der Waals surface area contributed by atoms with Gasteiger partial charge in [0.1, 0.15) is 4.90 Å². The lowest BCUT2D eigenvalue weighted by Crippen LogP contribution is -2.36. The fourth-order valence-corrected chi connectivity index (χ4v) is 3.48. The zero-order valence-corrected chi connectivity index (χ0v) is 13.5. The smallest absolute Gasteiger partial charge is 0.303 e. The van der Waals surface area contributed by atoms with Gasteiger partial charge in [0.2, 0.25) is 10.0 Å². The van der Waals surface area contributed by atoms with Crippen LogP contribution in [0.2, 0.25) is 0 Å². The summed E-state index contributed by atoms with van der Waals surface area (Å²) in [7, 11) is -2.10. The van der Waals surface area contributed by atoms with Crippen molar-refractivity contribution >= 4 is 16.0 Å². The molecule has 0 aliphatic carbocycles. The summed E-state index contributed by atoms with van der Waals surface area (Å²) in [6.07, 6.45) is 3.20. The van der Waals surface area contributed by atoms with E-state index < -0.39 is 22.0 Å². The first-order valence-corrected chi connectivity index (χ1v) is 8.62. The van der Waals surface area contributed by atoms with E-state index in [0.717, 1.165) is 5.56 Å². The Labute approximate surface area is 135 Å². The normalized spacial score (nSPS) is 12.9. The molecule has 0 aliphatic rings. The number of rotatable bonds is 8. The number of aryl methyl sites for hydroxylation is 1. The van der Waals surface area contributed by atoms with E-state index in [1.165, 1.54) is 17.1 Å². The van der Waals surface area contributed by atoms with Gasteiger partial charge in [0, 0.05) is 25.7 Å². The number of nitrogens with zero attached hydrogens (tertiary/aromatic N) is 2. The average molecular weight is 337 g/mol. The number of carbonyl (C=O) groups is 1. The van der Waals surface area contributed by atoms with Crippen LogP contribution in [0.15, 0.2) is 47.6 Å². The molecule has 1 aromatic carbocycles. The second kappa shape index (κ2) is 7.38. The molecule has 1 atom stereocenters. The Morgan fingerprint density at radius 1 is 1.35 bits per heavy atom. The fourth-order valence-electron chi connectivity index (χ4n) is 2.22. The molecule has 2 rings (SSSR count). The SMILES string of the molecule is Cn1cc(S(=O)(=O)NC(CCC(=O)O)Cc2ccccc2)cn1. The first kappa shape index (κ1) is 17.2. The number of nitrogens with one attached hydrogen (secondary N) is 1. The third-order valence-electron chi connectivity index (χ3n) is 3.34. The number of benzene rings is 1. The van der Waals surface area contributed by atoms with Crippen molar-refractivity contribution in [3.63, 3.8) is 0 Å². The molecule has 0 fully saturated rings. The van der Waals surface area contributed by atoms with E-state index in [4.69, 9.17) is 5.11 Å². The molecule has 1 unspecified atom stereocenters. The number of carboxylic acid groups (broad SMARTS) is 1. The van der Waals surface area contributed by atoms with Crippen molar-refractivity contribution in [2.75, 3.05) is 0 Å². The highest BCUT2D eigenvalue weighted by molar-refractivity contribution is 7.89. The van der Waals surface area contributed by atoms with Crippen LogP contribution in [0.5, 0.6) is 0 Å². The van der Waals surface area contributed by atoms with Crippen molar-refractivity contribution in [3.8, 4) is 0 Å². The number of sulfonamides is 1.